The highest BCUT2D eigenvalue weighted by Crippen LogP contribution is 2.38. The van der Waals surface area contributed by atoms with Crippen molar-refractivity contribution >= 4 is 38.2 Å². The number of hydrogen-bond donors (Lipinski definition) is 2. The van der Waals surface area contributed by atoms with Crippen LogP contribution < -0.4 is 10.6 Å². The lowest BCUT2D eigenvalue weighted by molar-refractivity contribution is 0.409. The lowest BCUT2D eigenvalue weighted by Crippen LogP contribution is -2.44. The molecule has 4 heteroatoms. The summed E-state index contributed by atoms with van der Waals surface area (Å²) in [6.07, 6.45) is -0.330. The maximum atomic E-state index is 10.2. The summed E-state index contributed by atoms with van der Waals surface area (Å²) in [6.45, 7) is 0. The number of nitrogens with one attached hydrogen (secondary N) is 2. The number of aliphatic imine (C=N–C) groups is 1. The molecule has 0 aromatic heterocycles. The van der Waals surface area contributed by atoms with E-state index in [0.29, 0.717) is 5.56 Å². The Hall–Kier alpha value is -6.54. The molecule has 0 radical (unpaired) electrons. The first-order valence-corrected chi connectivity index (χ1v) is 16.9. The van der Waals surface area contributed by atoms with E-state index in [4.69, 9.17) is 4.99 Å². The third kappa shape index (κ3) is 5.37. The Morgan fingerprint density at radius 3 is 1.60 bits per heavy atom. The lowest BCUT2D eigenvalue weighted by atomic mass is 9.90. The predicted molar refractivity (Wildman–Crippen MR) is 206 cm³/mol. The molecule has 2 N–H and O–H groups in total. The molecule has 236 valence electrons. The Bertz CT molecular complexity index is 2580. The van der Waals surface area contributed by atoms with Gasteiger partial charge in [0.05, 0.1) is 11.6 Å². The Balaban J connectivity index is 1.13. The third-order valence-corrected chi connectivity index (χ3v) is 9.72. The highest BCUT2D eigenvalue weighted by Gasteiger charge is 2.25. The van der Waals surface area contributed by atoms with Crippen molar-refractivity contribution in [2.24, 2.45) is 4.99 Å². The molecule has 2 unspecified atom stereocenters. The van der Waals surface area contributed by atoms with Crippen LogP contribution in [0.1, 0.15) is 34.6 Å². The van der Waals surface area contributed by atoms with E-state index < -0.39 is 0 Å². The van der Waals surface area contributed by atoms with E-state index in [1.165, 1.54) is 32.3 Å². The van der Waals surface area contributed by atoms with E-state index >= 15 is 0 Å². The van der Waals surface area contributed by atoms with E-state index in [1.807, 2.05) is 36.4 Å². The standard InChI is InChI=1S/C46H32N4/c47-29-30-24-36(27-37(25-30)34-22-23-42-40-20-8-7-18-38(40)39-19-9-10-21-41(39)43(42)28-34)33-16-11-17-35(26-33)46-49-44(31-12-3-1-4-13-31)48-45(50-46)32-14-5-2-6-15-32/h1-28,44-45,48H,(H,49,50). The zero-order chi connectivity index (χ0) is 33.4. The second-order valence-corrected chi connectivity index (χ2v) is 12.8. The van der Waals surface area contributed by atoms with Crippen molar-refractivity contribution in [3.63, 3.8) is 0 Å². The minimum Gasteiger partial charge on any atom is -0.350 e. The van der Waals surface area contributed by atoms with Crippen LogP contribution in [0.3, 0.4) is 0 Å². The van der Waals surface area contributed by atoms with Gasteiger partial charge in [-0.1, -0.05) is 140 Å². The minimum absolute atomic E-state index is 0.118. The van der Waals surface area contributed by atoms with Gasteiger partial charge in [-0.15, -0.1) is 0 Å². The van der Waals surface area contributed by atoms with Crippen LogP contribution in [0.25, 0.3) is 54.6 Å². The summed E-state index contributed by atoms with van der Waals surface area (Å²) in [5.74, 6) is 0.818. The van der Waals surface area contributed by atoms with E-state index in [0.717, 1.165) is 44.8 Å². The van der Waals surface area contributed by atoms with Gasteiger partial charge in [0.25, 0.3) is 0 Å². The summed E-state index contributed by atoms with van der Waals surface area (Å²) in [4.78, 5) is 5.15. The lowest BCUT2D eigenvalue weighted by Gasteiger charge is -2.32. The Kier molecular flexibility index (Phi) is 7.39. The minimum atomic E-state index is -0.212. The molecule has 2 atom stereocenters. The first kappa shape index (κ1) is 29.6. The topological polar surface area (TPSA) is 60.2 Å². The number of nitriles is 1. The van der Waals surface area contributed by atoms with Gasteiger partial charge in [0.2, 0.25) is 0 Å². The van der Waals surface area contributed by atoms with E-state index in [-0.39, 0.29) is 12.3 Å². The van der Waals surface area contributed by atoms with Gasteiger partial charge in [0, 0.05) is 5.56 Å². The molecule has 8 aromatic carbocycles. The zero-order valence-electron chi connectivity index (χ0n) is 27.2. The Labute approximate surface area is 291 Å². The monoisotopic (exact) mass is 640 g/mol. The molecule has 4 nitrogen and oxygen atoms in total. The molecular weight excluding hydrogens is 609 g/mol. The SMILES string of the molecule is N#Cc1cc(-c2cccc(C3=NC(c4ccccc4)NC(c4ccccc4)N3)c2)cc(-c2ccc3c4ccccc4c4ccccc4c3c2)c1. The number of benzene rings is 8. The summed E-state index contributed by atoms with van der Waals surface area (Å²) in [7, 11) is 0. The highest BCUT2D eigenvalue weighted by molar-refractivity contribution is 6.25. The fraction of sp³-hybridized carbons (Fsp3) is 0.0435. The van der Waals surface area contributed by atoms with Gasteiger partial charge in [-0.2, -0.15) is 5.26 Å². The van der Waals surface area contributed by atoms with Crippen LogP contribution in [0.15, 0.2) is 175 Å². The number of hydrogen-bond acceptors (Lipinski definition) is 4. The van der Waals surface area contributed by atoms with Gasteiger partial charge in [0.15, 0.2) is 0 Å². The quantitative estimate of drug-likeness (QED) is 0.184. The molecule has 0 saturated carbocycles. The molecule has 0 amide bonds. The van der Waals surface area contributed by atoms with Crippen molar-refractivity contribution in [3.8, 4) is 28.3 Å². The molecule has 1 aliphatic heterocycles. The molecule has 0 saturated heterocycles. The van der Waals surface area contributed by atoms with Crippen LogP contribution in [0.2, 0.25) is 0 Å². The largest absolute Gasteiger partial charge is 0.350 e. The highest BCUT2D eigenvalue weighted by atomic mass is 15.3. The van der Waals surface area contributed by atoms with Gasteiger partial charge in [-0.05, 0) is 96.0 Å². The Morgan fingerprint density at radius 1 is 0.440 bits per heavy atom. The van der Waals surface area contributed by atoms with Crippen LogP contribution in [0, 0.1) is 11.3 Å². The molecular formula is C46H32N4. The van der Waals surface area contributed by atoms with Crippen molar-refractivity contribution in [1.82, 2.24) is 10.6 Å². The summed E-state index contributed by atoms with van der Waals surface area (Å²) < 4.78 is 0. The van der Waals surface area contributed by atoms with E-state index in [9.17, 15) is 5.26 Å². The predicted octanol–water partition coefficient (Wildman–Crippen LogP) is 10.7. The van der Waals surface area contributed by atoms with Gasteiger partial charge in [0.1, 0.15) is 18.2 Å². The molecule has 0 bridgehead atoms. The summed E-state index contributed by atoms with van der Waals surface area (Å²) in [5.41, 5.74) is 7.94. The molecule has 1 heterocycles. The first-order valence-electron chi connectivity index (χ1n) is 16.9. The summed E-state index contributed by atoms with van der Waals surface area (Å²) >= 11 is 0. The average Bonchev–Trinajstić information content (AvgIpc) is 3.21. The number of amidine groups is 1. The smallest absolute Gasteiger partial charge is 0.131 e. The van der Waals surface area contributed by atoms with Crippen molar-refractivity contribution in [2.75, 3.05) is 0 Å². The van der Waals surface area contributed by atoms with Crippen LogP contribution in [0.5, 0.6) is 0 Å². The molecule has 0 spiro atoms. The number of fused-ring (bicyclic) bond motifs is 6. The first-order chi connectivity index (χ1) is 24.7. The van der Waals surface area contributed by atoms with Crippen molar-refractivity contribution < 1.29 is 0 Å². The van der Waals surface area contributed by atoms with Crippen molar-refractivity contribution in [1.29, 1.82) is 5.26 Å². The second-order valence-electron chi connectivity index (χ2n) is 12.8. The molecule has 50 heavy (non-hydrogen) atoms. The maximum absolute atomic E-state index is 10.2. The van der Waals surface area contributed by atoms with Crippen molar-refractivity contribution in [2.45, 2.75) is 12.3 Å². The zero-order valence-corrected chi connectivity index (χ0v) is 27.2. The Morgan fingerprint density at radius 2 is 0.960 bits per heavy atom. The van der Waals surface area contributed by atoms with Gasteiger partial charge >= 0.3 is 0 Å². The van der Waals surface area contributed by atoms with E-state index in [2.05, 4.69) is 150 Å². The van der Waals surface area contributed by atoms with Gasteiger partial charge in [-0.25, -0.2) is 4.99 Å². The normalized spacial score (nSPS) is 15.8. The van der Waals surface area contributed by atoms with Gasteiger partial charge < -0.3 is 5.32 Å². The maximum Gasteiger partial charge on any atom is 0.131 e. The number of rotatable bonds is 5. The summed E-state index contributed by atoms with van der Waals surface area (Å²) in [6, 6.07) is 61.7. The fourth-order valence-corrected chi connectivity index (χ4v) is 7.29. The summed E-state index contributed by atoms with van der Waals surface area (Å²) in [5, 5.41) is 24.9. The third-order valence-electron chi connectivity index (χ3n) is 9.72. The van der Waals surface area contributed by atoms with E-state index in [1.54, 1.807) is 0 Å². The molecule has 0 fully saturated rings. The van der Waals surface area contributed by atoms with Crippen LogP contribution in [-0.2, 0) is 0 Å². The second kappa shape index (κ2) is 12.5. The fourth-order valence-electron chi connectivity index (χ4n) is 7.29. The van der Waals surface area contributed by atoms with Crippen LogP contribution >= 0.6 is 0 Å². The average molecular weight is 641 g/mol. The number of nitrogens with zero attached hydrogens (tertiary/aromatic N) is 2. The van der Waals surface area contributed by atoms with Crippen LogP contribution in [-0.4, -0.2) is 5.84 Å². The molecule has 1 aliphatic rings. The molecule has 9 rings (SSSR count). The van der Waals surface area contributed by atoms with Crippen molar-refractivity contribution in [3.05, 3.63) is 192 Å². The van der Waals surface area contributed by atoms with Gasteiger partial charge in [-0.3, -0.25) is 5.32 Å². The molecule has 0 aliphatic carbocycles. The molecule has 8 aromatic rings. The van der Waals surface area contributed by atoms with Crippen LogP contribution in [0.4, 0.5) is 0 Å².